The van der Waals surface area contributed by atoms with Crippen molar-refractivity contribution in [3.05, 3.63) is 101 Å². The molecule has 0 spiro atoms. The van der Waals surface area contributed by atoms with Crippen LogP contribution in [0.3, 0.4) is 0 Å². The van der Waals surface area contributed by atoms with E-state index >= 15 is 0 Å². The summed E-state index contributed by atoms with van der Waals surface area (Å²) in [5.41, 5.74) is 4.15. The van der Waals surface area contributed by atoms with Gasteiger partial charge in [-0.1, -0.05) is 72.8 Å². The van der Waals surface area contributed by atoms with Gasteiger partial charge in [0.1, 0.15) is 12.4 Å². The molecule has 0 aromatic heterocycles. The third-order valence-corrected chi connectivity index (χ3v) is 5.64. The topological polar surface area (TPSA) is 55.4 Å². The van der Waals surface area contributed by atoms with Gasteiger partial charge >= 0.3 is 0 Å². The number of rotatable bonds is 7. The van der Waals surface area contributed by atoms with Crippen molar-refractivity contribution < 1.29 is 14.3 Å². The van der Waals surface area contributed by atoms with E-state index in [2.05, 4.69) is 5.32 Å². The number of aldehydes is 1. The van der Waals surface area contributed by atoms with E-state index < -0.39 is 0 Å². The van der Waals surface area contributed by atoms with Gasteiger partial charge in [-0.15, -0.1) is 0 Å². The molecule has 1 aliphatic carbocycles. The molecule has 1 N–H and O–H groups in total. The summed E-state index contributed by atoms with van der Waals surface area (Å²) in [6, 6.07) is 25.6. The number of benzene rings is 3. The Morgan fingerprint density at radius 2 is 1.63 bits per heavy atom. The van der Waals surface area contributed by atoms with Crippen molar-refractivity contribution >= 4 is 12.2 Å². The zero-order valence-corrected chi connectivity index (χ0v) is 16.8. The quantitative estimate of drug-likeness (QED) is 0.591. The Morgan fingerprint density at radius 1 is 0.967 bits per heavy atom. The van der Waals surface area contributed by atoms with Gasteiger partial charge < -0.3 is 10.1 Å². The van der Waals surface area contributed by atoms with Crippen LogP contribution in [0.25, 0.3) is 0 Å². The van der Waals surface area contributed by atoms with E-state index in [1.807, 2.05) is 78.9 Å². The van der Waals surface area contributed by atoms with Gasteiger partial charge in [0.2, 0.25) is 5.91 Å². The van der Waals surface area contributed by atoms with Crippen molar-refractivity contribution in [2.24, 2.45) is 0 Å². The first-order chi connectivity index (χ1) is 14.8. The first-order valence-corrected chi connectivity index (χ1v) is 10.4. The Labute approximate surface area is 176 Å². The average Bonchev–Trinajstić information content (AvgIpc) is 2.81. The summed E-state index contributed by atoms with van der Waals surface area (Å²) < 4.78 is 5.60. The summed E-state index contributed by atoms with van der Waals surface area (Å²) in [5.74, 6) is 0.490. The lowest BCUT2D eigenvalue weighted by atomic mass is 9.81. The second-order valence-corrected chi connectivity index (χ2v) is 7.51. The maximum Gasteiger partial charge on any atom is 0.228 e. The molecule has 0 fully saturated rings. The van der Waals surface area contributed by atoms with Gasteiger partial charge in [0.25, 0.3) is 0 Å². The molecular weight excluding hydrogens is 374 g/mol. The molecule has 1 aliphatic rings. The van der Waals surface area contributed by atoms with Crippen LogP contribution in [0.15, 0.2) is 78.9 Å². The smallest absolute Gasteiger partial charge is 0.228 e. The highest BCUT2D eigenvalue weighted by molar-refractivity contribution is 5.85. The zero-order chi connectivity index (χ0) is 20.8. The van der Waals surface area contributed by atoms with E-state index in [0.717, 1.165) is 47.8 Å². The predicted molar refractivity (Wildman–Crippen MR) is 117 cm³/mol. The van der Waals surface area contributed by atoms with E-state index in [1.165, 1.54) is 0 Å². The summed E-state index contributed by atoms with van der Waals surface area (Å²) in [7, 11) is 0. The number of amides is 1. The Kier molecular flexibility index (Phi) is 6.23. The molecule has 1 amide bonds. The number of carbonyl (C=O) groups excluding carboxylic acids is 2. The van der Waals surface area contributed by atoms with Crippen molar-refractivity contribution in [3.63, 3.8) is 0 Å². The monoisotopic (exact) mass is 399 g/mol. The molecule has 4 nitrogen and oxygen atoms in total. The van der Waals surface area contributed by atoms with Gasteiger partial charge in [0.15, 0.2) is 6.29 Å². The van der Waals surface area contributed by atoms with Crippen LogP contribution in [0, 0.1) is 0 Å². The minimum absolute atomic E-state index is 0.0150. The fourth-order valence-electron chi connectivity index (χ4n) is 4.24. The first-order valence-electron chi connectivity index (χ1n) is 10.4. The first kappa shape index (κ1) is 19.9. The molecule has 0 saturated carbocycles. The third kappa shape index (κ3) is 4.28. The summed E-state index contributed by atoms with van der Waals surface area (Å²) in [4.78, 5) is 24.2. The van der Waals surface area contributed by atoms with Crippen molar-refractivity contribution in [1.29, 1.82) is 0 Å². The maximum absolute atomic E-state index is 13.4. The summed E-state index contributed by atoms with van der Waals surface area (Å²) >= 11 is 0. The molecule has 3 aromatic carbocycles. The van der Waals surface area contributed by atoms with Crippen LogP contribution in [0.2, 0.25) is 0 Å². The molecule has 3 aromatic rings. The van der Waals surface area contributed by atoms with Crippen LogP contribution in [0.5, 0.6) is 5.75 Å². The lowest BCUT2D eigenvalue weighted by molar-refractivity contribution is -0.123. The summed E-state index contributed by atoms with van der Waals surface area (Å²) in [5, 5.41) is 3.29. The van der Waals surface area contributed by atoms with Crippen molar-refractivity contribution in [3.8, 4) is 5.75 Å². The van der Waals surface area contributed by atoms with Crippen LogP contribution < -0.4 is 10.1 Å². The van der Waals surface area contributed by atoms with E-state index in [9.17, 15) is 9.59 Å². The van der Waals surface area contributed by atoms with Crippen LogP contribution in [0.1, 0.15) is 47.1 Å². The largest absolute Gasteiger partial charge is 0.486 e. The fraction of sp³-hybridized carbons (Fsp3) is 0.231. The lowest BCUT2D eigenvalue weighted by Gasteiger charge is -2.28. The normalized spacial score (nSPS) is 15.3. The molecule has 0 radical (unpaired) electrons. The molecule has 4 rings (SSSR count). The molecule has 152 valence electrons. The number of hydrogen-bond acceptors (Lipinski definition) is 3. The standard InChI is InChI=1S/C26H25NO3/c28-17-18-30-24-16-8-13-21-22(24)14-7-15-23(21)26(29)27-25(19-9-3-1-4-10-19)20-11-5-2-6-12-20/h1-6,8-13,16-17,23,25H,7,14-15,18H2,(H,27,29). The Hall–Kier alpha value is -3.40. The third-order valence-electron chi connectivity index (χ3n) is 5.64. The molecule has 0 aliphatic heterocycles. The van der Waals surface area contributed by atoms with E-state index in [4.69, 9.17) is 4.74 Å². The van der Waals surface area contributed by atoms with Gasteiger partial charge in [-0.25, -0.2) is 0 Å². The van der Waals surface area contributed by atoms with Gasteiger partial charge in [0.05, 0.1) is 12.0 Å². The van der Waals surface area contributed by atoms with E-state index in [-0.39, 0.29) is 24.5 Å². The van der Waals surface area contributed by atoms with Crippen molar-refractivity contribution in [2.75, 3.05) is 6.61 Å². The minimum Gasteiger partial charge on any atom is -0.486 e. The lowest BCUT2D eigenvalue weighted by Crippen LogP contribution is -2.35. The van der Waals surface area contributed by atoms with Gasteiger partial charge in [-0.05, 0) is 47.6 Å². The summed E-state index contributed by atoms with van der Waals surface area (Å²) in [6.07, 6.45) is 3.31. The minimum atomic E-state index is -0.233. The number of fused-ring (bicyclic) bond motifs is 1. The molecule has 1 unspecified atom stereocenters. The predicted octanol–water partition coefficient (Wildman–Crippen LogP) is 4.59. The second kappa shape index (κ2) is 9.40. The Morgan fingerprint density at radius 3 is 2.27 bits per heavy atom. The van der Waals surface area contributed by atoms with Gasteiger partial charge in [-0.2, -0.15) is 0 Å². The molecule has 4 heteroatoms. The molecular formula is C26H25NO3. The molecule has 0 saturated heterocycles. The number of nitrogens with one attached hydrogen (secondary N) is 1. The SMILES string of the molecule is O=CCOc1cccc2c1CCCC2C(=O)NC(c1ccccc1)c1ccccc1. The maximum atomic E-state index is 13.4. The van der Waals surface area contributed by atoms with Gasteiger partial charge in [0, 0.05) is 0 Å². The highest BCUT2D eigenvalue weighted by Crippen LogP contribution is 2.37. The van der Waals surface area contributed by atoms with Crippen molar-refractivity contribution in [1.82, 2.24) is 5.32 Å². The highest BCUT2D eigenvalue weighted by atomic mass is 16.5. The van der Waals surface area contributed by atoms with Crippen molar-refractivity contribution in [2.45, 2.75) is 31.2 Å². The Bertz CT molecular complexity index is 962. The highest BCUT2D eigenvalue weighted by Gasteiger charge is 2.30. The fourth-order valence-corrected chi connectivity index (χ4v) is 4.24. The van der Waals surface area contributed by atoms with Crippen LogP contribution >= 0.6 is 0 Å². The van der Waals surface area contributed by atoms with E-state index in [1.54, 1.807) is 0 Å². The second-order valence-electron chi connectivity index (χ2n) is 7.51. The van der Waals surface area contributed by atoms with Crippen LogP contribution in [-0.4, -0.2) is 18.8 Å². The molecule has 1 atom stereocenters. The number of ether oxygens (including phenoxy) is 1. The van der Waals surface area contributed by atoms with E-state index in [0.29, 0.717) is 5.75 Å². The molecule has 30 heavy (non-hydrogen) atoms. The van der Waals surface area contributed by atoms with Gasteiger partial charge in [-0.3, -0.25) is 9.59 Å². The number of hydrogen-bond donors (Lipinski definition) is 1. The zero-order valence-electron chi connectivity index (χ0n) is 16.8. The molecule has 0 bridgehead atoms. The summed E-state index contributed by atoms with van der Waals surface area (Å²) in [6.45, 7) is 0.0252. The Balaban J connectivity index is 1.62. The number of carbonyl (C=O) groups is 2. The average molecular weight is 399 g/mol. The van der Waals surface area contributed by atoms with Crippen LogP contribution in [0.4, 0.5) is 0 Å². The van der Waals surface area contributed by atoms with Crippen LogP contribution in [-0.2, 0) is 16.0 Å². The molecule has 0 heterocycles.